The third kappa shape index (κ3) is 5.35. The molecule has 1 heterocycles. The molecule has 0 spiro atoms. The lowest BCUT2D eigenvalue weighted by Gasteiger charge is -2.29. The standard InChI is InChI=1S/C24H29F3O3/c1-3-4-5-6-13-29-22-12-8-17(15-30-22)18-9-7-16(14-20(18)25)19-10-11-21(28-2)24(27)23(19)26/h7,9-11,14,17,22H,3-6,8,12-13,15H2,1-2H3. The van der Waals surface area contributed by atoms with Gasteiger partial charge in [0, 0.05) is 18.1 Å². The smallest absolute Gasteiger partial charge is 0.201 e. The molecule has 0 aliphatic carbocycles. The molecule has 2 atom stereocenters. The van der Waals surface area contributed by atoms with Gasteiger partial charge in [0.05, 0.1) is 13.7 Å². The van der Waals surface area contributed by atoms with Gasteiger partial charge in [-0.1, -0.05) is 38.3 Å². The largest absolute Gasteiger partial charge is 0.494 e. The minimum absolute atomic E-state index is 0.00446. The van der Waals surface area contributed by atoms with Crippen molar-refractivity contribution in [3.05, 3.63) is 53.3 Å². The molecule has 1 aliphatic rings. The highest BCUT2D eigenvalue weighted by Crippen LogP contribution is 2.34. The van der Waals surface area contributed by atoms with E-state index in [0.29, 0.717) is 25.2 Å². The van der Waals surface area contributed by atoms with Crippen LogP contribution in [0.5, 0.6) is 5.75 Å². The molecule has 2 unspecified atom stereocenters. The predicted octanol–water partition coefficient (Wildman–Crippen LogP) is 6.60. The van der Waals surface area contributed by atoms with E-state index < -0.39 is 17.5 Å². The first-order valence-electron chi connectivity index (χ1n) is 10.6. The van der Waals surface area contributed by atoms with Crippen LogP contribution in [0.1, 0.15) is 56.9 Å². The topological polar surface area (TPSA) is 27.7 Å². The van der Waals surface area contributed by atoms with Crippen LogP contribution in [0.2, 0.25) is 0 Å². The van der Waals surface area contributed by atoms with E-state index in [-0.39, 0.29) is 29.1 Å². The van der Waals surface area contributed by atoms with E-state index in [1.54, 1.807) is 12.1 Å². The molecule has 6 heteroatoms. The number of halogens is 3. The van der Waals surface area contributed by atoms with Crippen LogP contribution < -0.4 is 4.74 Å². The van der Waals surface area contributed by atoms with Crippen molar-refractivity contribution in [1.82, 2.24) is 0 Å². The second-order valence-electron chi connectivity index (χ2n) is 7.65. The zero-order chi connectivity index (χ0) is 21.5. The summed E-state index contributed by atoms with van der Waals surface area (Å²) in [5.74, 6) is -2.86. The lowest BCUT2D eigenvalue weighted by Crippen LogP contribution is -2.27. The van der Waals surface area contributed by atoms with Crippen LogP contribution >= 0.6 is 0 Å². The van der Waals surface area contributed by atoms with Gasteiger partial charge in [0.2, 0.25) is 5.82 Å². The van der Waals surface area contributed by atoms with Crippen molar-refractivity contribution in [2.45, 2.75) is 57.7 Å². The monoisotopic (exact) mass is 422 g/mol. The lowest BCUT2D eigenvalue weighted by molar-refractivity contribution is -0.168. The minimum atomic E-state index is -1.08. The quantitative estimate of drug-likeness (QED) is 0.426. The van der Waals surface area contributed by atoms with Gasteiger partial charge in [-0.15, -0.1) is 0 Å². The van der Waals surface area contributed by atoms with E-state index >= 15 is 0 Å². The molecule has 0 saturated carbocycles. The Bertz CT molecular complexity index is 833. The van der Waals surface area contributed by atoms with Crippen molar-refractivity contribution in [3.8, 4) is 16.9 Å². The van der Waals surface area contributed by atoms with Gasteiger partial charge in [-0.2, -0.15) is 4.39 Å². The average Bonchev–Trinajstić information content (AvgIpc) is 2.76. The maximum Gasteiger partial charge on any atom is 0.201 e. The average molecular weight is 422 g/mol. The predicted molar refractivity (Wildman–Crippen MR) is 110 cm³/mol. The van der Waals surface area contributed by atoms with Crippen LogP contribution in [-0.2, 0) is 9.47 Å². The maximum absolute atomic E-state index is 14.8. The summed E-state index contributed by atoms with van der Waals surface area (Å²) in [6.07, 6.45) is 5.80. The van der Waals surface area contributed by atoms with Gasteiger partial charge in [0.15, 0.2) is 17.9 Å². The van der Waals surface area contributed by atoms with Crippen molar-refractivity contribution in [3.63, 3.8) is 0 Å². The Kier molecular flexibility index (Phi) is 8.16. The summed E-state index contributed by atoms with van der Waals surface area (Å²) >= 11 is 0. The molecule has 0 aromatic heterocycles. The van der Waals surface area contributed by atoms with Crippen molar-refractivity contribution < 1.29 is 27.4 Å². The van der Waals surface area contributed by atoms with E-state index in [1.165, 1.54) is 38.2 Å². The van der Waals surface area contributed by atoms with E-state index in [1.807, 2.05) is 0 Å². The zero-order valence-electron chi connectivity index (χ0n) is 17.6. The Morgan fingerprint density at radius 2 is 1.83 bits per heavy atom. The van der Waals surface area contributed by atoms with Gasteiger partial charge in [-0.05, 0) is 48.6 Å². The third-order valence-corrected chi connectivity index (χ3v) is 5.55. The molecule has 1 saturated heterocycles. The zero-order valence-corrected chi connectivity index (χ0v) is 17.6. The van der Waals surface area contributed by atoms with Crippen LogP contribution in [0, 0.1) is 17.5 Å². The molecule has 0 bridgehead atoms. The van der Waals surface area contributed by atoms with Crippen LogP contribution in [0.25, 0.3) is 11.1 Å². The van der Waals surface area contributed by atoms with Crippen LogP contribution in [-0.4, -0.2) is 26.6 Å². The molecule has 3 nitrogen and oxygen atoms in total. The van der Waals surface area contributed by atoms with Gasteiger partial charge in [0.25, 0.3) is 0 Å². The van der Waals surface area contributed by atoms with Crippen molar-refractivity contribution >= 4 is 0 Å². The molecule has 1 aliphatic heterocycles. The second kappa shape index (κ2) is 10.8. The van der Waals surface area contributed by atoms with Crippen molar-refractivity contribution in [1.29, 1.82) is 0 Å². The number of rotatable bonds is 9. The van der Waals surface area contributed by atoms with Crippen molar-refractivity contribution in [2.75, 3.05) is 20.3 Å². The van der Waals surface area contributed by atoms with E-state index in [2.05, 4.69) is 6.92 Å². The SMILES string of the molecule is CCCCCCOC1CCC(c2ccc(-c3ccc(OC)c(F)c3F)cc2F)CO1. The Hall–Kier alpha value is -2.05. The van der Waals surface area contributed by atoms with Crippen LogP contribution in [0.15, 0.2) is 30.3 Å². The number of hydrogen-bond donors (Lipinski definition) is 0. The molecule has 3 rings (SSSR count). The molecule has 0 N–H and O–H groups in total. The molecule has 1 fully saturated rings. The molecular weight excluding hydrogens is 393 g/mol. The molecule has 30 heavy (non-hydrogen) atoms. The molecule has 0 radical (unpaired) electrons. The third-order valence-electron chi connectivity index (χ3n) is 5.55. The first-order valence-corrected chi connectivity index (χ1v) is 10.6. The van der Waals surface area contributed by atoms with Crippen LogP contribution in [0.4, 0.5) is 13.2 Å². The van der Waals surface area contributed by atoms with Crippen molar-refractivity contribution in [2.24, 2.45) is 0 Å². The first-order chi connectivity index (χ1) is 14.5. The van der Waals surface area contributed by atoms with Gasteiger partial charge in [-0.25, -0.2) is 8.78 Å². The van der Waals surface area contributed by atoms with E-state index in [9.17, 15) is 13.2 Å². The van der Waals surface area contributed by atoms with Gasteiger partial charge in [0.1, 0.15) is 5.82 Å². The summed E-state index contributed by atoms with van der Waals surface area (Å²) in [4.78, 5) is 0. The summed E-state index contributed by atoms with van der Waals surface area (Å²) in [6.45, 7) is 3.23. The second-order valence-corrected chi connectivity index (χ2v) is 7.65. The molecule has 2 aromatic carbocycles. The Labute approximate surface area is 176 Å². The highest BCUT2D eigenvalue weighted by molar-refractivity contribution is 5.66. The molecule has 2 aromatic rings. The van der Waals surface area contributed by atoms with E-state index in [4.69, 9.17) is 14.2 Å². The molecule has 164 valence electrons. The van der Waals surface area contributed by atoms with Gasteiger partial charge >= 0.3 is 0 Å². The van der Waals surface area contributed by atoms with Crippen LogP contribution in [0.3, 0.4) is 0 Å². The summed E-state index contributed by atoms with van der Waals surface area (Å²) in [7, 11) is 1.26. The van der Waals surface area contributed by atoms with Gasteiger partial charge in [-0.3, -0.25) is 0 Å². The number of hydrogen-bond acceptors (Lipinski definition) is 3. The maximum atomic E-state index is 14.8. The number of unbranched alkanes of at least 4 members (excludes halogenated alkanes) is 3. The summed E-state index contributed by atoms with van der Waals surface area (Å²) in [5.41, 5.74) is 0.796. The summed E-state index contributed by atoms with van der Waals surface area (Å²) in [5, 5.41) is 0. The highest BCUT2D eigenvalue weighted by atomic mass is 19.2. The van der Waals surface area contributed by atoms with Gasteiger partial charge < -0.3 is 14.2 Å². The first kappa shape index (κ1) is 22.6. The Balaban J connectivity index is 1.61. The molecule has 0 amide bonds. The summed E-state index contributed by atoms with van der Waals surface area (Å²) in [6, 6.07) is 7.20. The lowest BCUT2D eigenvalue weighted by atomic mass is 9.91. The fourth-order valence-corrected chi connectivity index (χ4v) is 3.79. The summed E-state index contributed by atoms with van der Waals surface area (Å²) < 4.78 is 59.4. The normalized spacial score (nSPS) is 19.1. The highest BCUT2D eigenvalue weighted by Gasteiger charge is 2.26. The minimum Gasteiger partial charge on any atom is -0.494 e. The number of methoxy groups -OCH3 is 1. The number of ether oxygens (including phenoxy) is 3. The Morgan fingerprint density at radius 1 is 1.00 bits per heavy atom. The molecular formula is C24H29F3O3. The Morgan fingerprint density at radius 3 is 2.50 bits per heavy atom. The fraction of sp³-hybridized carbons (Fsp3) is 0.500. The van der Waals surface area contributed by atoms with E-state index in [0.717, 1.165) is 19.3 Å². The fourth-order valence-electron chi connectivity index (χ4n) is 3.79. The number of benzene rings is 2.